The summed E-state index contributed by atoms with van der Waals surface area (Å²) in [6, 6.07) is 4.91. The normalized spacial score (nSPS) is 15.2. The third-order valence-electron chi connectivity index (χ3n) is 3.24. The monoisotopic (exact) mass is 231 g/mol. The lowest BCUT2D eigenvalue weighted by Gasteiger charge is -2.10. The van der Waals surface area contributed by atoms with Crippen LogP contribution in [0.2, 0.25) is 0 Å². The molecule has 3 rings (SSSR count). The SMILES string of the molecule is Cc1cc(F)cc2c(NN)cc(C3CC3)nc12. The first kappa shape index (κ1) is 10.5. The Bertz CT molecular complexity index is 591. The van der Waals surface area contributed by atoms with Gasteiger partial charge in [-0.15, -0.1) is 0 Å². The molecular formula is C13H14FN3. The molecule has 0 atom stereocenters. The minimum absolute atomic E-state index is 0.257. The fraction of sp³-hybridized carbons (Fsp3) is 0.308. The van der Waals surface area contributed by atoms with Gasteiger partial charge in [0, 0.05) is 17.0 Å². The van der Waals surface area contributed by atoms with Crippen molar-refractivity contribution in [3.05, 3.63) is 35.3 Å². The maximum Gasteiger partial charge on any atom is 0.124 e. The lowest BCUT2D eigenvalue weighted by atomic mass is 10.1. The summed E-state index contributed by atoms with van der Waals surface area (Å²) in [7, 11) is 0. The zero-order chi connectivity index (χ0) is 12.0. The van der Waals surface area contributed by atoms with Gasteiger partial charge in [-0.05, 0) is 43.5 Å². The van der Waals surface area contributed by atoms with Crippen molar-refractivity contribution < 1.29 is 4.39 Å². The molecule has 3 N–H and O–H groups in total. The highest BCUT2D eigenvalue weighted by Crippen LogP contribution is 2.41. The number of halogens is 1. The molecule has 0 saturated heterocycles. The third-order valence-corrected chi connectivity index (χ3v) is 3.24. The number of fused-ring (bicyclic) bond motifs is 1. The predicted octanol–water partition coefficient (Wildman–Crippen LogP) is 2.85. The number of nitrogen functional groups attached to an aromatic ring is 1. The van der Waals surface area contributed by atoms with Gasteiger partial charge in [-0.3, -0.25) is 10.8 Å². The van der Waals surface area contributed by atoms with Gasteiger partial charge in [0.15, 0.2) is 0 Å². The smallest absolute Gasteiger partial charge is 0.124 e. The van der Waals surface area contributed by atoms with Crippen LogP contribution in [0.1, 0.15) is 30.0 Å². The fourth-order valence-electron chi connectivity index (χ4n) is 2.18. The average molecular weight is 231 g/mol. The molecule has 2 aromatic rings. The molecule has 3 nitrogen and oxygen atoms in total. The van der Waals surface area contributed by atoms with E-state index in [9.17, 15) is 4.39 Å². The van der Waals surface area contributed by atoms with Gasteiger partial charge in [0.05, 0.1) is 11.2 Å². The third kappa shape index (κ3) is 1.74. The Morgan fingerprint density at radius 3 is 2.76 bits per heavy atom. The van der Waals surface area contributed by atoms with Crippen molar-refractivity contribution in [1.82, 2.24) is 4.98 Å². The first-order chi connectivity index (χ1) is 8.19. The second-order valence-corrected chi connectivity index (χ2v) is 4.63. The number of nitrogens with one attached hydrogen (secondary N) is 1. The van der Waals surface area contributed by atoms with E-state index in [0.717, 1.165) is 27.8 Å². The molecule has 1 fully saturated rings. The van der Waals surface area contributed by atoms with Gasteiger partial charge in [-0.25, -0.2) is 4.39 Å². The van der Waals surface area contributed by atoms with Crippen LogP contribution >= 0.6 is 0 Å². The molecule has 0 amide bonds. The lowest BCUT2D eigenvalue weighted by Crippen LogP contribution is -2.08. The molecule has 0 radical (unpaired) electrons. The Kier molecular flexibility index (Phi) is 2.26. The van der Waals surface area contributed by atoms with E-state index in [-0.39, 0.29) is 5.82 Å². The topological polar surface area (TPSA) is 50.9 Å². The summed E-state index contributed by atoms with van der Waals surface area (Å²) in [4.78, 5) is 4.62. The molecular weight excluding hydrogens is 217 g/mol. The summed E-state index contributed by atoms with van der Waals surface area (Å²) in [5.41, 5.74) is 6.13. The molecule has 0 aliphatic heterocycles. The van der Waals surface area contributed by atoms with Gasteiger partial charge in [0.25, 0.3) is 0 Å². The molecule has 0 unspecified atom stereocenters. The van der Waals surface area contributed by atoms with Crippen LogP contribution in [0.4, 0.5) is 10.1 Å². The van der Waals surface area contributed by atoms with Crippen molar-refractivity contribution in [2.75, 3.05) is 5.43 Å². The van der Waals surface area contributed by atoms with Crippen LogP contribution in [0.15, 0.2) is 18.2 Å². The van der Waals surface area contributed by atoms with Crippen LogP contribution in [-0.2, 0) is 0 Å². The number of nitrogens with zero attached hydrogens (tertiary/aromatic N) is 1. The lowest BCUT2D eigenvalue weighted by molar-refractivity contribution is 0.628. The second-order valence-electron chi connectivity index (χ2n) is 4.63. The van der Waals surface area contributed by atoms with Gasteiger partial charge < -0.3 is 5.43 Å². The molecule has 1 aliphatic carbocycles. The summed E-state index contributed by atoms with van der Waals surface area (Å²) in [5, 5.41) is 0.745. The molecule has 1 aromatic carbocycles. The Morgan fingerprint density at radius 2 is 2.12 bits per heavy atom. The predicted molar refractivity (Wildman–Crippen MR) is 66.2 cm³/mol. The molecule has 1 aromatic heterocycles. The molecule has 4 heteroatoms. The van der Waals surface area contributed by atoms with Crippen LogP contribution < -0.4 is 11.3 Å². The quantitative estimate of drug-likeness (QED) is 0.617. The minimum atomic E-state index is -0.257. The Morgan fingerprint density at radius 1 is 1.35 bits per heavy atom. The molecule has 1 aliphatic rings. The van der Waals surface area contributed by atoms with Crippen LogP contribution in [0.25, 0.3) is 10.9 Å². The molecule has 1 saturated carbocycles. The van der Waals surface area contributed by atoms with E-state index in [4.69, 9.17) is 5.84 Å². The maximum absolute atomic E-state index is 13.4. The average Bonchev–Trinajstić information content (AvgIpc) is 3.11. The summed E-state index contributed by atoms with van der Waals surface area (Å²) >= 11 is 0. The number of nitrogens with two attached hydrogens (primary N) is 1. The highest BCUT2D eigenvalue weighted by molar-refractivity contribution is 5.93. The van der Waals surface area contributed by atoms with E-state index < -0.39 is 0 Å². The van der Waals surface area contributed by atoms with Crippen LogP contribution in [0, 0.1) is 12.7 Å². The van der Waals surface area contributed by atoms with Gasteiger partial charge in [0.1, 0.15) is 5.82 Å². The number of anilines is 1. The second kappa shape index (κ2) is 3.67. The Labute approximate surface area is 98.8 Å². The maximum atomic E-state index is 13.4. The largest absolute Gasteiger partial charge is 0.323 e. The van der Waals surface area contributed by atoms with Crippen molar-refractivity contribution in [2.24, 2.45) is 5.84 Å². The first-order valence-electron chi connectivity index (χ1n) is 5.76. The zero-order valence-electron chi connectivity index (χ0n) is 9.63. The Hall–Kier alpha value is -1.68. The standard InChI is InChI=1S/C13H14FN3/c1-7-4-9(14)5-10-12(17-15)6-11(8-2-3-8)16-13(7)10/h4-6,8H,2-3,15H2,1H3,(H,16,17). The van der Waals surface area contributed by atoms with Crippen molar-refractivity contribution in [2.45, 2.75) is 25.7 Å². The number of hydrogen-bond acceptors (Lipinski definition) is 3. The van der Waals surface area contributed by atoms with Crippen molar-refractivity contribution >= 4 is 16.6 Å². The number of aryl methyl sites for hydroxylation is 1. The van der Waals surface area contributed by atoms with E-state index in [2.05, 4.69) is 10.4 Å². The highest BCUT2D eigenvalue weighted by atomic mass is 19.1. The van der Waals surface area contributed by atoms with E-state index in [1.807, 2.05) is 13.0 Å². The van der Waals surface area contributed by atoms with Gasteiger partial charge in [-0.2, -0.15) is 0 Å². The molecule has 0 spiro atoms. The summed E-state index contributed by atoms with van der Waals surface area (Å²) in [6.45, 7) is 1.87. The Balaban J connectivity index is 2.31. The number of hydrazine groups is 1. The van der Waals surface area contributed by atoms with Gasteiger partial charge >= 0.3 is 0 Å². The first-order valence-corrected chi connectivity index (χ1v) is 5.76. The highest BCUT2D eigenvalue weighted by Gasteiger charge is 2.26. The number of rotatable bonds is 2. The minimum Gasteiger partial charge on any atom is -0.323 e. The summed E-state index contributed by atoms with van der Waals surface area (Å²) < 4.78 is 13.4. The van der Waals surface area contributed by atoms with Crippen LogP contribution in [0.3, 0.4) is 0 Å². The molecule has 17 heavy (non-hydrogen) atoms. The zero-order valence-corrected chi connectivity index (χ0v) is 9.63. The van der Waals surface area contributed by atoms with Crippen molar-refractivity contribution in [3.8, 4) is 0 Å². The van der Waals surface area contributed by atoms with Crippen molar-refractivity contribution in [3.63, 3.8) is 0 Å². The van der Waals surface area contributed by atoms with Crippen LogP contribution in [0.5, 0.6) is 0 Å². The number of benzene rings is 1. The number of hydrogen-bond donors (Lipinski definition) is 2. The van der Waals surface area contributed by atoms with E-state index in [0.29, 0.717) is 5.92 Å². The van der Waals surface area contributed by atoms with Crippen molar-refractivity contribution in [1.29, 1.82) is 0 Å². The molecule has 1 heterocycles. The number of pyridine rings is 1. The van der Waals surface area contributed by atoms with Crippen LogP contribution in [-0.4, -0.2) is 4.98 Å². The van der Waals surface area contributed by atoms with Gasteiger partial charge in [-0.1, -0.05) is 0 Å². The van der Waals surface area contributed by atoms with E-state index in [1.165, 1.54) is 25.0 Å². The van der Waals surface area contributed by atoms with E-state index >= 15 is 0 Å². The number of aromatic nitrogens is 1. The molecule has 0 bridgehead atoms. The molecule has 88 valence electrons. The summed E-state index contributed by atoms with van der Waals surface area (Å²) in [5.74, 6) is 5.80. The van der Waals surface area contributed by atoms with E-state index in [1.54, 1.807) is 0 Å². The summed E-state index contributed by atoms with van der Waals surface area (Å²) in [6.07, 6.45) is 2.37. The van der Waals surface area contributed by atoms with Gasteiger partial charge in [0.2, 0.25) is 0 Å². The fourth-order valence-corrected chi connectivity index (χ4v) is 2.18.